The number of hydrogen-bond donors (Lipinski definition) is 6. The van der Waals surface area contributed by atoms with Crippen LogP contribution < -0.4 is 0 Å². The van der Waals surface area contributed by atoms with Crippen molar-refractivity contribution in [1.29, 1.82) is 0 Å². The lowest BCUT2D eigenvalue weighted by molar-refractivity contribution is -0.300. The molecule has 1 heterocycles. The molecule has 0 unspecified atom stereocenters. The van der Waals surface area contributed by atoms with Crippen molar-refractivity contribution in [2.45, 2.75) is 37.1 Å². The lowest BCUT2D eigenvalue weighted by Gasteiger charge is -2.39. The second kappa shape index (κ2) is 7.88. The first kappa shape index (κ1) is 18.6. The number of ether oxygens (including phenoxy) is 2. The average molecular weight is 344 g/mol. The van der Waals surface area contributed by atoms with Crippen molar-refractivity contribution in [1.82, 2.24) is 0 Å². The minimum absolute atomic E-state index is 0.0204. The quantitative estimate of drug-likeness (QED) is 0.359. The van der Waals surface area contributed by atoms with Gasteiger partial charge in [0, 0.05) is 0 Å². The van der Waals surface area contributed by atoms with Gasteiger partial charge in [-0.3, -0.25) is 0 Å². The molecule has 0 radical (unpaired) electrons. The highest BCUT2D eigenvalue weighted by molar-refractivity contribution is 5.90. The maximum Gasteiger partial charge on any atom is 0.339 e. The van der Waals surface area contributed by atoms with Crippen LogP contribution in [0.4, 0.5) is 0 Å². The largest absolute Gasteiger partial charge is 0.507 e. The standard InChI is InChI=1S/C15H20O9/c16-6-10-11(18)12(19)13(20)15(24-10)23-4-3-7-1-2-9(17)8(5-7)14(21)22/h1-2,5,10-13,15-20H,3-4,6H2,(H,21,22)/t10-,11-,12+,13-,15-/m1/s1. The van der Waals surface area contributed by atoms with Crippen molar-refractivity contribution < 1.29 is 44.9 Å². The van der Waals surface area contributed by atoms with Crippen LogP contribution in [0.1, 0.15) is 15.9 Å². The van der Waals surface area contributed by atoms with Gasteiger partial charge in [0.15, 0.2) is 6.29 Å². The summed E-state index contributed by atoms with van der Waals surface area (Å²) < 4.78 is 10.5. The number of benzene rings is 1. The number of phenols is 1. The van der Waals surface area contributed by atoms with E-state index in [0.29, 0.717) is 5.56 Å². The van der Waals surface area contributed by atoms with E-state index in [1.807, 2.05) is 0 Å². The fourth-order valence-corrected chi connectivity index (χ4v) is 2.41. The smallest absolute Gasteiger partial charge is 0.339 e. The van der Waals surface area contributed by atoms with Crippen molar-refractivity contribution in [3.05, 3.63) is 29.3 Å². The predicted molar refractivity (Wildman–Crippen MR) is 78.5 cm³/mol. The Kier molecular flexibility index (Phi) is 6.10. The molecule has 0 saturated carbocycles. The zero-order valence-corrected chi connectivity index (χ0v) is 12.6. The topological polar surface area (TPSA) is 157 Å². The van der Waals surface area contributed by atoms with Gasteiger partial charge in [-0.1, -0.05) is 6.07 Å². The van der Waals surface area contributed by atoms with Crippen molar-refractivity contribution >= 4 is 5.97 Å². The zero-order chi connectivity index (χ0) is 17.9. The molecular weight excluding hydrogens is 324 g/mol. The number of aliphatic hydroxyl groups excluding tert-OH is 4. The summed E-state index contributed by atoms with van der Waals surface area (Å²) in [6.45, 7) is -0.530. The first-order chi connectivity index (χ1) is 11.3. The third-order valence-corrected chi connectivity index (χ3v) is 3.81. The third kappa shape index (κ3) is 4.01. The molecule has 24 heavy (non-hydrogen) atoms. The molecule has 9 heteroatoms. The summed E-state index contributed by atoms with van der Waals surface area (Å²) in [6, 6.07) is 4.08. The summed E-state index contributed by atoms with van der Waals surface area (Å²) in [5.74, 6) is -1.61. The van der Waals surface area contributed by atoms with Crippen LogP contribution in [-0.4, -0.2) is 80.5 Å². The number of carbonyl (C=O) groups is 1. The molecule has 1 aliphatic rings. The Morgan fingerprint density at radius 1 is 1.17 bits per heavy atom. The molecule has 1 saturated heterocycles. The molecule has 0 spiro atoms. The molecule has 2 rings (SSSR count). The number of aliphatic hydroxyl groups is 4. The van der Waals surface area contributed by atoms with E-state index in [1.165, 1.54) is 18.2 Å². The summed E-state index contributed by atoms with van der Waals surface area (Å²) >= 11 is 0. The van der Waals surface area contributed by atoms with Crippen LogP contribution in [0.15, 0.2) is 18.2 Å². The summed E-state index contributed by atoms with van der Waals surface area (Å²) in [7, 11) is 0. The SMILES string of the molecule is O=C(O)c1cc(CCO[C@@H]2O[C@H](CO)[C@@H](O)[C@H](O)[C@H]2O)ccc1O. The number of aromatic carboxylic acids is 1. The highest BCUT2D eigenvalue weighted by atomic mass is 16.7. The Morgan fingerprint density at radius 3 is 2.50 bits per heavy atom. The highest BCUT2D eigenvalue weighted by Crippen LogP contribution is 2.23. The molecule has 1 aromatic rings. The van der Waals surface area contributed by atoms with Gasteiger partial charge in [-0.15, -0.1) is 0 Å². The van der Waals surface area contributed by atoms with E-state index >= 15 is 0 Å². The normalized spacial score (nSPS) is 30.2. The van der Waals surface area contributed by atoms with Crippen LogP contribution in [-0.2, 0) is 15.9 Å². The summed E-state index contributed by atoms with van der Waals surface area (Å²) in [6.07, 6.45) is -6.50. The van der Waals surface area contributed by atoms with Crippen LogP contribution in [0, 0.1) is 0 Å². The number of carboxylic acids is 1. The van der Waals surface area contributed by atoms with Gasteiger partial charge in [-0.05, 0) is 24.1 Å². The molecule has 134 valence electrons. The van der Waals surface area contributed by atoms with E-state index < -0.39 is 43.3 Å². The van der Waals surface area contributed by atoms with Gasteiger partial charge in [-0.25, -0.2) is 4.79 Å². The Morgan fingerprint density at radius 2 is 1.88 bits per heavy atom. The minimum atomic E-state index is -1.52. The molecule has 6 N–H and O–H groups in total. The maximum atomic E-state index is 11.0. The monoisotopic (exact) mass is 344 g/mol. The van der Waals surface area contributed by atoms with Crippen LogP contribution in [0.3, 0.4) is 0 Å². The van der Waals surface area contributed by atoms with Crippen LogP contribution in [0.2, 0.25) is 0 Å². The van der Waals surface area contributed by atoms with E-state index in [-0.39, 0.29) is 24.3 Å². The van der Waals surface area contributed by atoms with E-state index in [4.69, 9.17) is 19.7 Å². The second-order valence-electron chi connectivity index (χ2n) is 5.47. The van der Waals surface area contributed by atoms with Crippen molar-refractivity contribution in [2.75, 3.05) is 13.2 Å². The average Bonchev–Trinajstić information content (AvgIpc) is 2.56. The molecule has 0 amide bonds. The summed E-state index contributed by atoms with van der Waals surface area (Å²) in [4.78, 5) is 11.0. The van der Waals surface area contributed by atoms with Gasteiger partial charge in [0.2, 0.25) is 0 Å². The predicted octanol–water partition coefficient (Wildman–Crippen LogP) is -1.55. The number of rotatable bonds is 6. The van der Waals surface area contributed by atoms with Gasteiger partial charge in [0.25, 0.3) is 0 Å². The van der Waals surface area contributed by atoms with Gasteiger partial charge >= 0.3 is 5.97 Å². The molecular formula is C15H20O9. The van der Waals surface area contributed by atoms with Gasteiger partial charge in [-0.2, -0.15) is 0 Å². The number of hydrogen-bond acceptors (Lipinski definition) is 8. The molecule has 1 aliphatic heterocycles. The van der Waals surface area contributed by atoms with Crippen LogP contribution in [0.5, 0.6) is 5.75 Å². The molecule has 0 bridgehead atoms. The van der Waals surface area contributed by atoms with E-state index in [2.05, 4.69) is 0 Å². The third-order valence-electron chi connectivity index (χ3n) is 3.81. The Bertz CT molecular complexity index is 574. The Labute approximate surface area is 137 Å². The fraction of sp³-hybridized carbons (Fsp3) is 0.533. The molecule has 1 aromatic carbocycles. The highest BCUT2D eigenvalue weighted by Gasteiger charge is 2.43. The minimum Gasteiger partial charge on any atom is -0.507 e. The fourth-order valence-electron chi connectivity index (χ4n) is 2.41. The van der Waals surface area contributed by atoms with E-state index in [9.17, 15) is 25.2 Å². The summed E-state index contributed by atoms with van der Waals surface area (Å²) in [5.41, 5.74) is 0.343. The molecule has 0 aliphatic carbocycles. The first-order valence-electron chi connectivity index (χ1n) is 7.32. The van der Waals surface area contributed by atoms with Gasteiger partial charge < -0.3 is 40.1 Å². The van der Waals surface area contributed by atoms with Crippen molar-refractivity contribution in [3.8, 4) is 5.75 Å². The van der Waals surface area contributed by atoms with Gasteiger partial charge in [0.05, 0.1) is 13.2 Å². The molecule has 9 nitrogen and oxygen atoms in total. The number of aromatic hydroxyl groups is 1. The van der Waals surface area contributed by atoms with Crippen molar-refractivity contribution in [3.63, 3.8) is 0 Å². The lowest BCUT2D eigenvalue weighted by Crippen LogP contribution is -2.59. The van der Waals surface area contributed by atoms with Gasteiger partial charge in [0.1, 0.15) is 35.7 Å². The zero-order valence-electron chi connectivity index (χ0n) is 12.6. The van der Waals surface area contributed by atoms with Crippen LogP contribution in [0.25, 0.3) is 0 Å². The Balaban J connectivity index is 1.94. The van der Waals surface area contributed by atoms with E-state index in [0.717, 1.165) is 0 Å². The maximum absolute atomic E-state index is 11.0. The molecule has 5 atom stereocenters. The number of carboxylic acid groups (broad SMARTS) is 1. The first-order valence-corrected chi connectivity index (χ1v) is 7.32. The second-order valence-corrected chi connectivity index (χ2v) is 5.47. The van der Waals surface area contributed by atoms with Crippen LogP contribution >= 0.6 is 0 Å². The van der Waals surface area contributed by atoms with Crippen molar-refractivity contribution in [2.24, 2.45) is 0 Å². The molecule has 1 fully saturated rings. The lowest BCUT2D eigenvalue weighted by atomic mass is 9.99. The molecule has 0 aromatic heterocycles. The summed E-state index contributed by atoms with van der Waals surface area (Å²) in [5, 5.41) is 56.6. The van der Waals surface area contributed by atoms with E-state index in [1.54, 1.807) is 0 Å². The Hall–Kier alpha value is -1.75.